The number of ether oxygens (including phenoxy) is 1. The van der Waals surface area contributed by atoms with Crippen LogP contribution in [-0.2, 0) is 14.6 Å². The molecule has 0 heterocycles. The Kier molecular flexibility index (Phi) is 7.34. The normalized spacial score (nSPS) is 11.5. The van der Waals surface area contributed by atoms with Crippen molar-refractivity contribution in [3.8, 4) is 0 Å². The lowest BCUT2D eigenvalue weighted by atomic mass is 10.3. The Balaban J connectivity index is 2.69. The van der Waals surface area contributed by atoms with Gasteiger partial charge in [-0.3, -0.25) is 0 Å². The third kappa shape index (κ3) is 5.31. The van der Waals surface area contributed by atoms with E-state index >= 15 is 0 Å². The molecule has 124 valence electrons. The Morgan fingerprint density at radius 1 is 1.27 bits per heavy atom. The van der Waals surface area contributed by atoms with Gasteiger partial charge in [0.1, 0.15) is 0 Å². The summed E-state index contributed by atoms with van der Waals surface area (Å²) in [6.45, 7) is 6.82. The minimum atomic E-state index is -3.45. The van der Waals surface area contributed by atoms with Gasteiger partial charge in [0.2, 0.25) is 0 Å². The van der Waals surface area contributed by atoms with Crippen LogP contribution in [0.15, 0.2) is 29.2 Å². The first kappa shape index (κ1) is 18.4. The van der Waals surface area contributed by atoms with Crippen molar-refractivity contribution < 1.29 is 17.9 Å². The predicted molar refractivity (Wildman–Crippen MR) is 86.9 cm³/mol. The van der Waals surface area contributed by atoms with Gasteiger partial charge >= 0.3 is 6.03 Å². The maximum absolute atomic E-state index is 12.3. The molecule has 0 aliphatic heterocycles. The highest BCUT2D eigenvalue weighted by Crippen LogP contribution is 2.24. The number of hydrogen-bond acceptors (Lipinski definition) is 4. The van der Waals surface area contributed by atoms with Crippen LogP contribution in [-0.4, -0.2) is 39.5 Å². The molecule has 0 fully saturated rings. The summed E-state index contributed by atoms with van der Waals surface area (Å²) in [5.74, 6) is 0. The van der Waals surface area contributed by atoms with Crippen LogP contribution in [0.2, 0.25) is 0 Å². The Bertz CT molecular complexity index is 585. The zero-order valence-electron chi connectivity index (χ0n) is 13.3. The second-order valence-corrected chi connectivity index (χ2v) is 7.49. The Hall–Kier alpha value is -1.60. The number of amides is 2. The van der Waals surface area contributed by atoms with Crippen molar-refractivity contribution in [3.05, 3.63) is 24.3 Å². The minimum absolute atomic E-state index is 0.134. The number of benzene rings is 1. The number of para-hydroxylation sites is 1. The van der Waals surface area contributed by atoms with Crippen molar-refractivity contribution in [1.82, 2.24) is 5.32 Å². The molecule has 0 saturated carbocycles. The fourth-order valence-corrected chi connectivity index (χ4v) is 2.96. The second kappa shape index (κ2) is 8.75. The zero-order valence-corrected chi connectivity index (χ0v) is 14.1. The molecule has 0 bridgehead atoms. The maximum atomic E-state index is 12.3. The summed E-state index contributed by atoms with van der Waals surface area (Å²) < 4.78 is 29.7. The van der Waals surface area contributed by atoms with E-state index in [1.54, 1.807) is 32.0 Å². The van der Waals surface area contributed by atoms with Gasteiger partial charge < -0.3 is 15.4 Å². The molecular weight excluding hydrogens is 304 g/mol. The largest absolute Gasteiger partial charge is 0.382 e. The van der Waals surface area contributed by atoms with E-state index in [9.17, 15) is 13.2 Å². The van der Waals surface area contributed by atoms with E-state index in [0.29, 0.717) is 31.9 Å². The van der Waals surface area contributed by atoms with Crippen molar-refractivity contribution in [2.75, 3.05) is 25.1 Å². The number of sulfone groups is 1. The summed E-state index contributed by atoms with van der Waals surface area (Å²) in [5, 5.41) is 4.71. The Morgan fingerprint density at radius 3 is 2.59 bits per heavy atom. The van der Waals surface area contributed by atoms with Crippen LogP contribution in [0.3, 0.4) is 0 Å². The summed E-state index contributed by atoms with van der Waals surface area (Å²) in [7, 11) is -3.45. The van der Waals surface area contributed by atoms with E-state index in [1.807, 2.05) is 6.92 Å². The van der Waals surface area contributed by atoms with E-state index in [-0.39, 0.29) is 4.90 Å². The van der Waals surface area contributed by atoms with Crippen molar-refractivity contribution in [1.29, 1.82) is 0 Å². The van der Waals surface area contributed by atoms with Gasteiger partial charge in [-0.15, -0.1) is 0 Å². The molecule has 0 aliphatic carbocycles. The fourth-order valence-electron chi connectivity index (χ4n) is 1.76. The molecule has 6 nitrogen and oxygen atoms in total. The van der Waals surface area contributed by atoms with E-state index in [2.05, 4.69) is 10.6 Å². The third-order valence-corrected chi connectivity index (χ3v) is 5.23. The zero-order chi connectivity index (χ0) is 16.6. The van der Waals surface area contributed by atoms with Gasteiger partial charge in [-0.2, -0.15) is 0 Å². The molecule has 22 heavy (non-hydrogen) atoms. The van der Waals surface area contributed by atoms with Crippen molar-refractivity contribution in [2.45, 2.75) is 37.3 Å². The highest BCUT2D eigenvalue weighted by Gasteiger charge is 2.22. The molecule has 0 unspecified atom stereocenters. The topological polar surface area (TPSA) is 84.5 Å². The highest BCUT2D eigenvalue weighted by atomic mass is 32.2. The molecule has 0 radical (unpaired) electrons. The van der Waals surface area contributed by atoms with E-state index in [4.69, 9.17) is 4.74 Å². The monoisotopic (exact) mass is 328 g/mol. The van der Waals surface area contributed by atoms with Gasteiger partial charge in [0.25, 0.3) is 0 Å². The lowest BCUT2D eigenvalue weighted by Gasteiger charge is -2.14. The van der Waals surface area contributed by atoms with Crippen LogP contribution in [0, 0.1) is 0 Å². The molecule has 0 aromatic heterocycles. The van der Waals surface area contributed by atoms with Crippen LogP contribution in [0.1, 0.15) is 27.2 Å². The first-order chi connectivity index (χ1) is 10.4. The molecule has 0 spiro atoms. The molecule has 1 rings (SSSR count). The molecule has 0 aliphatic rings. The predicted octanol–water partition coefficient (Wildman–Crippen LogP) is 2.42. The van der Waals surface area contributed by atoms with Gasteiger partial charge in [0, 0.05) is 19.8 Å². The third-order valence-electron chi connectivity index (χ3n) is 3.02. The van der Waals surface area contributed by atoms with Crippen molar-refractivity contribution in [3.63, 3.8) is 0 Å². The highest BCUT2D eigenvalue weighted by molar-refractivity contribution is 7.92. The quantitative estimate of drug-likeness (QED) is 0.718. The molecule has 0 saturated heterocycles. The van der Waals surface area contributed by atoms with Gasteiger partial charge in [0.15, 0.2) is 9.84 Å². The van der Waals surface area contributed by atoms with Crippen LogP contribution < -0.4 is 10.6 Å². The van der Waals surface area contributed by atoms with Gasteiger partial charge in [-0.25, -0.2) is 13.2 Å². The van der Waals surface area contributed by atoms with Crippen molar-refractivity contribution in [2.24, 2.45) is 0 Å². The summed E-state index contributed by atoms with van der Waals surface area (Å²) in [5.41, 5.74) is 0.290. The number of carbonyl (C=O) groups is 1. The molecular formula is C15H24N2O4S. The summed E-state index contributed by atoms with van der Waals surface area (Å²) in [6.07, 6.45) is 0.702. The summed E-state index contributed by atoms with van der Waals surface area (Å²) in [6, 6.07) is 5.97. The van der Waals surface area contributed by atoms with Gasteiger partial charge in [-0.05, 0) is 39.3 Å². The lowest BCUT2D eigenvalue weighted by molar-refractivity contribution is 0.145. The van der Waals surface area contributed by atoms with Crippen LogP contribution in [0.25, 0.3) is 0 Å². The summed E-state index contributed by atoms with van der Waals surface area (Å²) >= 11 is 0. The molecule has 1 aromatic carbocycles. The molecule has 2 amide bonds. The van der Waals surface area contributed by atoms with Crippen LogP contribution in [0.4, 0.5) is 10.5 Å². The standard InChI is InChI=1S/C15H24N2O4S/c1-4-21-11-7-10-16-15(18)17-13-8-5-6-9-14(13)22(19,20)12(2)3/h5-6,8-9,12H,4,7,10-11H2,1-3H3,(H2,16,17,18). The average Bonchev–Trinajstić information content (AvgIpc) is 2.47. The smallest absolute Gasteiger partial charge is 0.319 e. The lowest BCUT2D eigenvalue weighted by Crippen LogP contribution is -2.31. The maximum Gasteiger partial charge on any atom is 0.319 e. The number of rotatable bonds is 8. The number of anilines is 1. The van der Waals surface area contributed by atoms with Crippen molar-refractivity contribution >= 4 is 21.6 Å². The molecule has 0 atom stereocenters. The number of urea groups is 1. The van der Waals surface area contributed by atoms with Gasteiger partial charge in [0.05, 0.1) is 15.8 Å². The van der Waals surface area contributed by atoms with Crippen LogP contribution >= 0.6 is 0 Å². The molecule has 7 heteroatoms. The Morgan fingerprint density at radius 2 is 1.95 bits per heavy atom. The van der Waals surface area contributed by atoms with Crippen LogP contribution in [0.5, 0.6) is 0 Å². The summed E-state index contributed by atoms with van der Waals surface area (Å²) in [4.78, 5) is 12.0. The average molecular weight is 328 g/mol. The number of nitrogens with one attached hydrogen (secondary N) is 2. The molecule has 2 N–H and O–H groups in total. The number of hydrogen-bond donors (Lipinski definition) is 2. The van der Waals surface area contributed by atoms with Gasteiger partial charge in [-0.1, -0.05) is 12.1 Å². The minimum Gasteiger partial charge on any atom is -0.382 e. The fraction of sp³-hybridized carbons (Fsp3) is 0.533. The van der Waals surface area contributed by atoms with E-state index < -0.39 is 21.1 Å². The molecule has 1 aromatic rings. The Labute approximate surface area is 132 Å². The first-order valence-electron chi connectivity index (χ1n) is 7.35. The number of carbonyl (C=O) groups excluding carboxylic acids is 1. The first-order valence-corrected chi connectivity index (χ1v) is 8.89. The SMILES string of the molecule is CCOCCCNC(=O)Nc1ccccc1S(=O)(=O)C(C)C. The second-order valence-electron chi connectivity index (χ2n) is 5.02. The van der Waals surface area contributed by atoms with E-state index in [1.165, 1.54) is 6.07 Å². The van der Waals surface area contributed by atoms with E-state index in [0.717, 1.165) is 0 Å².